The number of carbonyl (C=O) groups is 18. The van der Waals surface area contributed by atoms with Crippen LogP contribution in [0.25, 0.3) is 0 Å². The standard InChI is InChI=1S/C73H106IN23O23S4/c1-34(98)57-69(117)92-46(28-56(104)105)70(118)97-24-6-10-51(97)68(116)88-41(9-5-23-83-73(79)80)60(108)93-48-31-122-121-30-47-64(112)95-50(67(115)96-57)33-124-123-32-49(94-61(109)42(17-19-53(76)101)87-62(110)45(27-36-13-18-52(100)38(74)25-36)90-59(107)40(86-65(48)113)8-4-22-82-72(77)78)66(114)91-44(26-35-11-14-37(99)15-12-35)63(111)89-43(71(119)120)7-2-3-21-81-54(102)20-16-39(75)58(106)84-29-55(103)85-47/h11-15,18,25,34,39-51,57,98-100H,2-10,16-17,19-24,26-33,75H2,1H3,(H2,76,101)(H,81,102)(H,84,106)(H,85,103)(H,86,113)(H,87,110)(H,88,116)(H,89,111)(H,90,107)(H,91,114)(H,92,117)(H,93,108)(H,94,109)(H,95,112)(H,96,115)(H,104,105)(H,119,120)(H4,77,78,82)(H4,79,80,83)/t34-,39+,40+,41+,42+,43-,44+,45+,46+,47+,48+,49+,50+,51+,57+/m1/s1. The number of benzene rings is 2. The Labute approximate surface area is 739 Å². The van der Waals surface area contributed by atoms with E-state index in [9.17, 15) is 73.5 Å². The number of amides is 16. The van der Waals surface area contributed by atoms with Crippen molar-refractivity contribution in [2.75, 3.05) is 55.7 Å². The molecule has 0 unspecified atom stereocenters. The third-order valence-electron chi connectivity index (χ3n) is 19.5. The molecule has 46 nitrogen and oxygen atoms in total. The van der Waals surface area contributed by atoms with Crippen LogP contribution in [0, 0.1) is 14.4 Å². The number of aliphatic carboxylic acids is 2. The number of hydrogen-bond donors (Lipinski definition) is 27. The van der Waals surface area contributed by atoms with Gasteiger partial charge in [-0.05, 0) is 136 Å². The minimum atomic E-state index is -2.16. The third kappa shape index (κ3) is 34.7. The number of aliphatic hydroxyl groups excluding tert-OH is 1. The van der Waals surface area contributed by atoms with Gasteiger partial charge in [0.15, 0.2) is 11.9 Å². The predicted molar refractivity (Wildman–Crippen MR) is 459 cm³/mol. The van der Waals surface area contributed by atoms with Gasteiger partial charge in [-0.1, -0.05) is 61.4 Å². The predicted octanol–water partition coefficient (Wildman–Crippen LogP) is -7.66. The Bertz CT molecular complexity index is 4220. The normalized spacial score (nSPS) is 26.2. The van der Waals surface area contributed by atoms with Crippen molar-refractivity contribution in [1.29, 1.82) is 10.8 Å². The number of carbonyl (C=O) groups excluding carboxylic acids is 16. The van der Waals surface area contributed by atoms with Crippen molar-refractivity contribution < 1.29 is 112 Å². The van der Waals surface area contributed by atoms with Crippen LogP contribution in [0.15, 0.2) is 42.5 Å². The van der Waals surface area contributed by atoms with Crippen LogP contribution in [0.3, 0.4) is 0 Å². The van der Waals surface area contributed by atoms with Gasteiger partial charge in [0.2, 0.25) is 94.5 Å². The molecule has 4 aliphatic rings. The number of guanidine groups is 2. The van der Waals surface area contributed by atoms with Crippen LogP contribution in [-0.4, -0.2) is 295 Å². The number of phenols is 2. The summed E-state index contributed by atoms with van der Waals surface area (Å²) in [5.74, 6) is -25.4. The van der Waals surface area contributed by atoms with E-state index in [1.807, 2.05) is 0 Å². The van der Waals surface area contributed by atoms with Gasteiger partial charge in [-0.3, -0.25) is 92.3 Å². The molecule has 6 rings (SSSR count). The average molecular weight is 1930 g/mol. The molecule has 124 heavy (non-hydrogen) atoms. The zero-order valence-corrected chi connectivity index (χ0v) is 72.7. The smallest absolute Gasteiger partial charge is 0.326 e. The van der Waals surface area contributed by atoms with Crippen molar-refractivity contribution in [1.82, 2.24) is 90.0 Å². The first-order valence-corrected chi connectivity index (χ1v) is 45.4. The van der Waals surface area contributed by atoms with Crippen LogP contribution >= 0.6 is 65.8 Å². The van der Waals surface area contributed by atoms with E-state index < -0.39 is 271 Å². The van der Waals surface area contributed by atoms with Crippen molar-refractivity contribution in [3.63, 3.8) is 0 Å². The second kappa shape index (κ2) is 51.4. The van der Waals surface area contributed by atoms with Gasteiger partial charge in [-0.15, -0.1) is 0 Å². The fraction of sp³-hybridized carbons (Fsp3) is 0.562. The summed E-state index contributed by atoms with van der Waals surface area (Å²) in [5.41, 5.74) is 23.5. The fourth-order valence-corrected chi connectivity index (χ4v) is 18.0. The number of rotatable bonds is 19. The summed E-state index contributed by atoms with van der Waals surface area (Å²) in [5, 5.41) is 108. The molecule has 4 aliphatic heterocycles. The lowest BCUT2D eigenvalue weighted by molar-refractivity contribution is -0.146. The number of aromatic hydroxyl groups is 2. The SMILES string of the molecule is C[C@@H](O)[C@@H]1NC(=O)[C@@H]2CSSC[C@@H]3NC(=O)[C@H](CCC(N)=O)NC(=O)[C@H](Cc4ccc(O)c(I)c4)NC(=O)[C@H](CCCNC(=N)N)NC(=O)[C@H](CSSC[C@H](NC(=O)CNC(=O)[C@@H](N)CCC(=O)NCCCC[C@H](C(=O)O)NC(=O)[C@H](Cc4ccc(O)cc4)NC3=O)C(=O)N2)NC(=O)[C@H](CCCNC(=N)N)NC(=O)[C@@H]2CCCN2C(=O)[C@H](CC(=O)O)NC1=O. The van der Waals surface area contributed by atoms with E-state index in [4.69, 9.17) is 33.8 Å². The van der Waals surface area contributed by atoms with Gasteiger partial charge in [0, 0.05) is 74.9 Å². The highest BCUT2D eigenvalue weighted by Gasteiger charge is 2.43. The van der Waals surface area contributed by atoms with E-state index in [0.29, 0.717) is 21.6 Å². The molecule has 4 heterocycles. The van der Waals surface area contributed by atoms with Crippen LogP contribution in [0.1, 0.15) is 108 Å². The second-order valence-electron chi connectivity index (χ2n) is 29.3. The number of hydrogen-bond acceptors (Lipinski definition) is 28. The average Bonchev–Trinajstić information content (AvgIpc) is 1.62. The summed E-state index contributed by atoms with van der Waals surface area (Å²) < 4.78 is 0.246. The molecule has 682 valence electrons. The van der Waals surface area contributed by atoms with Crippen molar-refractivity contribution >= 4 is 184 Å². The first-order chi connectivity index (χ1) is 58.8. The minimum Gasteiger partial charge on any atom is -0.508 e. The molecule has 0 radical (unpaired) electrons. The Hall–Kier alpha value is -10.9. The van der Waals surface area contributed by atoms with Crippen LogP contribution in [0.5, 0.6) is 11.5 Å². The highest BCUT2D eigenvalue weighted by atomic mass is 127. The first kappa shape index (κ1) is 102. The molecule has 2 aromatic rings. The summed E-state index contributed by atoms with van der Waals surface area (Å²) in [4.78, 5) is 261. The highest BCUT2D eigenvalue weighted by molar-refractivity contribution is 14.1. The molecule has 4 saturated heterocycles. The Morgan fingerprint density at radius 1 is 0.524 bits per heavy atom. The number of carboxylic acid groups (broad SMARTS) is 2. The van der Waals surface area contributed by atoms with Gasteiger partial charge in [-0.25, -0.2) is 4.79 Å². The van der Waals surface area contributed by atoms with Gasteiger partial charge in [0.1, 0.15) is 90.0 Å². The quantitative estimate of drug-likeness (QED) is 0.0204. The van der Waals surface area contributed by atoms with Crippen molar-refractivity contribution in [2.45, 2.75) is 200 Å². The fourth-order valence-electron chi connectivity index (χ4n) is 12.8. The van der Waals surface area contributed by atoms with E-state index in [1.54, 1.807) is 22.6 Å². The van der Waals surface area contributed by atoms with Crippen LogP contribution in [0.2, 0.25) is 0 Å². The summed E-state index contributed by atoms with van der Waals surface area (Å²) in [6, 6.07) is -16.2. The van der Waals surface area contributed by atoms with Crippen LogP contribution in [0.4, 0.5) is 0 Å². The Morgan fingerprint density at radius 3 is 1.53 bits per heavy atom. The first-order valence-electron chi connectivity index (χ1n) is 39.3. The van der Waals surface area contributed by atoms with Crippen molar-refractivity contribution in [3.05, 3.63) is 57.2 Å². The van der Waals surface area contributed by atoms with Crippen LogP contribution < -0.4 is 108 Å². The minimum absolute atomic E-state index is 0.0387. The molecule has 15 atom stereocenters. The summed E-state index contributed by atoms with van der Waals surface area (Å²) in [7, 11) is 2.76. The summed E-state index contributed by atoms with van der Waals surface area (Å²) in [6.45, 7) is -0.436. The number of nitrogens with two attached hydrogens (primary N) is 4. The van der Waals surface area contributed by atoms with Gasteiger partial charge in [0.05, 0.1) is 28.7 Å². The molecular formula is C73H106IN23O23S4. The molecule has 4 fully saturated rings. The highest BCUT2D eigenvalue weighted by Crippen LogP contribution is 2.28. The largest absolute Gasteiger partial charge is 0.508 e. The maximum atomic E-state index is 15.4. The Kier molecular flexibility index (Phi) is 42.2. The molecule has 16 amide bonds. The number of aliphatic hydroxyl groups is 1. The van der Waals surface area contributed by atoms with E-state index in [-0.39, 0.29) is 123 Å². The van der Waals surface area contributed by atoms with E-state index >= 15 is 38.4 Å². The molecule has 31 N–H and O–H groups in total. The van der Waals surface area contributed by atoms with Gasteiger partial charge in [0.25, 0.3) is 0 Å². The number of halogens is 1. The second-order valence-corrected chi connectivity index (χ2v) is 35.5. The summed E-state index contributed by atoms with van der Waals surface area (Å²) >= 11 is 1.79. The number of nitrogens with zero attached hydrogens (tertiary/aromatic N) is 1. The molecule has 51 heteroatoms. The third-order valence-corrected chi connectivity index (χ3v) is 25.2. The molecule has 2 aromatic carbocycles. The van der Waals surface area contributed by atoms with Gasteiger partial charge in [-0.2, -0.15) is 0 Å². The summed E-state index contributed by atoms with van der Waals surface area (Å²) in [6.07, 6.45) is -7.05. The van der Waals surface area contributed by atoms with Crippen LogP contribution in [-0.2, 0) is 99.1 Å². The lowest BCUT2D eigenvalue weighted by atomic mass is 10.0. The molecular weight excluding hydrogens is 1820 g/mol. The molecule has 0 aromatic heterocycles. The molecule has 0 saturated carbocycles. The number of carboxylic acids is 2. The number of primary amides is 1. The maximum absolute atomic E-state index is 15.4. The van der Waals surface area contributed by atoms with Crippen molar-refractivity contribution in [2.24, 2.45) is 22.9 Å². The monoisotopic (exact) mass is 1930 g/mol. The zero-order chi connectivity index (χ0) is 91.4. The number of phenolic OH excluding ortho intramolecular Hbond substituents is 2. The zero-order valence-electron chi connectivity index (χ0n) is 67.2. The van der Waals surface area contributed by atoms with E-state index in [0.717, 1.165) is 33.4 Å². The molecule has 0 spiro atoms. The van der Waals surface area contributed by atoms with E-state index in [1.165, 1.54) is 42.5 Å². The van der Waals surface area contributed by atoms with Crippen molar-refractivity contribution in [3.8, 4) is 11.5 Å². The number of fused-ring (bicyclic) bond motifs is 9. The molecule has 0 aliphatic carbocycles. The lowest BCUT2D eigenvalue weighted by Crippen LogP contribution is -2.62. The number of nitrogens with one attached hydrogen (secondary N) is 18. The Balaban J connectivity index is 1.64. The molecule has 4 bridgehead atoms. The van der Waals surface area contributed by atoms with Gasteiger partial charge >= 0.3 is 11.9 Å². The topological polar surface area (TPSA) is 756 Å². The van der Waals surface area contributed by atoms with Gasteiger partial charge < -0.3 is 138 Å². The lowest BCUT2D eigenvalue weighted by Gasteiger charge is -2.31. The van der Waals surface area contributed by atoms with E-state index in [2.05, 4.69) is 85.1 Å². The maximum Gasteiger partial charge on any atom is 0.326 e. The Morgan fingerprint density at radius 2 is 0.992 bits per heavy atom.